The number of fused-ring (bicyclic) bond motifs is 3. The molecule has 4 heteroatoms. The van der Waals surface area contributed by atoms with Gasteiger partial charge in [-0.3, -0.25) is 9.59 Å². The molecule has 1 N–H and O–H groups in total. The van der Waals surface area contributed by atoms with E-state index in [1.807, 2.05) is 13.8 Å². The van der Waals surface area contributed by atoms with E-state index in [1.165, 1.54) is 6.08 Å². The molecule has 19 heavy (non-hydrogen) atoms. The Balaban J connectivity index is 2.07. The molecule has 2 aliphatic carbocycles. The van der Waals surface area contributed by atoms with Crippen LogP contribution < -0.4 is 0 Å². The van der Waals surface area contributed by atoms with E-state index in [0.29, 0.717) is 6.42 Å². The summed E-state index contributed by atoms with van der Waals surface area (Å²) in [7, 11) is 0. The van der Waals surface area contributed by atoms with Crippen LogP contribution in [-0.2, 0) is 14.3 Å². The highest BCUT2D eigenvalue weighted by atomic mass is 16.6. The van der Waals surface area contributed by atoms with Gasteiger partial charge >= 0.3 is 5.97 Å². The number of allylic oxidation sites excluding steroid dienone is 1. The zero-order valence-corrected chi connectivity index (χ0v) is 11.6. The third-order valence-corrected chi connectivity index (χ3v) is 5.46. The average Bonchev–Trinajstić information content (AvgIpc) is 2.60. The standard InChI is InChI=1S/C15H20O4/c1-8-9-4-6-14(2)10(16)5-7-15(3,18)12(14)11(9)19-13(8)17/h5,7-9,11-12,18H,4,6H2,1-3H3/t8-,9+,11+,12-,14+,15-/m1/s1. The molecule has 2 fully saturated rings. The molecule has 0 aromatic carbocycles. The molecule has 3 aliphatic rings. The molecule has 6 atom stereocenters. The minimum absolute atomic E-state index is 0.0399. The SMILES string of the molecule is C[C@H]1C(=O)O[C@H]2[C@H]1CC[C@@]1(C)C(=O)C=C[C@@](C)(O)[C@H]21. The van der Waals surface area contributed by atoms with Crippen molar-refractivity contribution >= 4 is 11.8 Å². The molecule has 0 aromatic rings. The fourth-order valence-electron chi connectivity index (χ4n) is 4.29. The number of ether oxygens (including phenoxy) is 1. The lowest BCUT2D eigenvalue weighted by Gasteiger charge is -2.52. The molecule has 0 amide bonds. The topological polar surface area (TPSA) is 63.6 Å². The molecule has 0 unspecified atom stereocenters. The lowest BCUT2D eigenvalue weighted by molar-refractivity contribution is -0.167. The third-order valence-electron chi connectivity index (χ3n) is 5.46. The second-order valence-corrected chi connectivity index (χ2v) is 6.71. The van der Waals surface area contributed by atoms with Gasteiger partial charge in [-0.2, -0.15) is 0 Å². The van der Waals surface area contributed by atoms with Crippen LogP contribution in [0.2, 0.25) is 0 Å². The Labute approximate surface area is 112 Å². The molecule has 1 saturated carbocycles. The number of aliphatic hydroxyl groups is 1. The van der Waals surface area contributed by atoms with Gasteiger partial charge in [-0.15, -0.1) is 0 Å². The highest BCUT2D eigenvalue weighted by molar-refractivity contribution is 5.96. The van der Waals surface area contributed by atoms with Gasteiger partial charge in [0, 0.05) is 17.3 Å². The van der Waals surface area contributed by atoms with Crippen molar-refractivity contribution in [2.24, 2.45) is 23.2 Å². The monoisotopic (exact) mass is 264 g/mol. The van der Waals surface area contributed by atoms with E-state index < -0.39 is 11.0 Å². The molecular formula is C15H20O4. The van der Waals surface area contributed by atoms with Crippen molar-refractivity contribution in [3.05, 3.63) is 12.2 Å². The minimum Gasteiger partial charge on any atom is -0.461 e. The Kier molecular flexibility index (Phi) is 2.50. The van der Waals surface area contributed by atoms with E-state index in [0.717, 1.165) is 6.42 Å². The number of esters is 1. The van der Waals surface area contributed by atoms with Gasteiger partial charge in [-0.1, -0.05) is 13.8 Å². The van der Waals surface area contributed by atoms with Gasteiger partial charge in [0.25, 0.3) is 0 Å². The number of ketones is 1. The summed E-state index contributed by atoms with van der Waals surface area (Å²) in [6.07, 6.45) is 4.21. The van der Waals surface area contributed by atoms with Crippen LogP contribution in [0, 0.1) is 23.2 Å². The van der Waals surface area contributed by atoms with Gasteiger partial charge in [0.15, 0.2) is 5.78 Å². The normalized spacial score (nSPS) is 52.6. The summed E-state index contributed by atoms with van der Waals surface area (Å²) in [5.41, 5.74) is -1.72. The quantitative estimate of drug-likeness (QED) is 0.673. The predicted octanol–water partition coefficient (Wildman–Crippen LogP) is 1.47. The first-order valence-electron chi connectivity index (χ1n) is 6.94. The zero-order valence-electron chi connectivity index (χ0n) is 11.6. The third kappa shape index (κ3) is 1.55. The van der Waals surface area contributed by atoms with Gasteiger partial charge in [0.1, 0.15) is 6.10 Å². The predicted molar refractivity (Wildman–Crippen MR) is 68.1 cm³/mol. The van der Waals surface area contributed by atoms with Crippen LogP contribution in [0.3, 0.4) is 0 Å². The minimum atomic E-state index is -1.10. The summed E-state index contributed by atoms with van der Waals surface area (Å²) in [4.78, 5) is 24.1. The fraction of sp³-hybridized carbons (Fsp3) is 0.733. The van der Waals surface area contributed by atoms with Crippen molar-refractivity contribution in [1.29, 1.82) is 0 Å². The molecule has 3 rings (SSSR count). The number of carbonyl (C=O) groups excluding carboxylic acids is 2. The lowest BCUT2D eigenvalue weighted by atomic mass is 9.53. The number of rotatable bonds is 0. The molecule has 1 heterocycles. The van der Waals surface area contributed by atoms with Crippen molar-refractivity contribution < 1.29 is 19.4 Å². The molecule has 0 bridgehead atoms. The smallest absolute Gasteiger partial charge is 0.309 e. The molecule has 104 valence electrons. The van der Waals surface area contributed by atoms with Gasteiger partial charge in [0.05, 0.1) is 11.5 Å². The van der Waals surface area contributed by atoms with E-state index in [2.05, 4.69) is 0 Å². The van der Waals surface area contributed by atoms with E-state index in [9.17, 15) is 14.7 Å². The van der Waals surface area contributed by atoms with Gasteiger partial charge < -0.3 is 9.84 Å². The van der Waals surface area contributed by atoms with Crippen LogP contribution in [0.1, 0.15) is 33.6 Å². The lowest BCUT2D eigenvalue weighted by Crippen LogP contribution is -2.59. The highest BCUT2D eigenvalue weighted by Crippen LogP contribution is 2.56. The van der Waals surface area contributed by atoms with Crippen molar-refractivity contribution in [2.75, 3.05) is 0 Å². The van der Waals surface area contributed by atoms with Crippen molar-refractivity contribution in [3.63, 3.8) is 0 Å². The van der Waals surface area contributed by atoms with Crippen LogP contribution in [0.4, 0.5) is 0 Å². The molecular weight excluding hydrogens is 244 g/mol. The first-order chi connectivity index (χ1) is 8.77. The molecule has 0 radical (unpaired) electrons. The van der Waals surface area contributed by atoms with Crippen molar-refractivity contribution in [2.45, 2.75) is 45.3 Å². The molecule has 0 spiro atoms. The van der Waals surface area contributed by atoms with Crippen molar-refractivity contribution in [1.82, 2.24) is 0 Å². The highest BCUT2D eigenvalue weighted by Gasteiger charge is 2.62. The Morgan fingerprint density at radius 2 is 2.05 bits per heavy atom. The maximum Gasteiger partial charge on any atom is 0.309 e. The Morgan fingerprint density at radius 1 is 1.37 bits per heavy atom. The summed E-state index contributed by atoms with van der Waals surface area (Å²) in [5, 5.41) is 10.6. The largest absolute Gasteiger partial charge is 0.461 e. The summed E-state index contributed by atoms with van der Waals surface area (Å²) >= 11 is 0. The molecule has 1 saturated heterocycles. The Morgan fingerprint density at radius 3 is 2.74 bits per heavy atom. The number of hydrogen-bond acceptors (Lipinski definition) is 4. The summed E-state index contributed by atoms with van der Waals surface area (Å²) < 4.78 is 5.51. The Hall–Kier alpha value is -1.16. The molecule has 0 aromatic heterocycles. The van der Waals surface area contributed by atoms with Gasteiger partial charge in [-0.05, 0) is 31.9 Å². The average molecular weight is 264 g/mol. The molecule has 1 aliphatic heterocycles. The van der Waals surface area contributed by atoms with Crippen LogP contribution in [0.25, 0.3) is 0 Å². The first-order valence-corrected chi connectivity index (χ1v) is 6.94. The number of hydrogen-bond donors (Lipinski definition) is 1. The van der Waals surface area contributed by atoms with E-state index >= 15 is 0 Å². The van der Waals surface area contributed by atoms with Crippen LogP contribution in [0.15, 0.2) is 12.2 Å². The summed E-state index contributed by atoms with van der Waals surface area (Å²) in [6, 6.07) is 0. The maximum atomic E-state index is 12.3. The van der Waals surface area contributed by atoms with Crippen molar-refractivity contribution in [3.8, 4) is 0 Å². The first kappa shape index (κ1) is 12.9. The van der Waals surface area contributed by atoms with Crippen LogP contribution >= 0.6 is 0 Å². The second-order valence-electron chi connectivity index (χ2n) is 6.71. The van der Waals surface area contributed by atoms with Crippen LogP contribution in [0.5, 0.6) is 0 Å². The van der Waals surface area contributed by atoms with Gasteiger partial charge in [0.2, 0.25) is 0 Å². The fourth-order valence-corrected chi connectivity index (χ4v) is 4.29. The maximum absolute atomic E-state index is 12.3. The van der Waals surface area contributed by atoms with E-state index in [-0.39, 0.29) is 35.6 Å². The second kappa shape index (κ2) is 3.69. The Bertz CT molecular complexity index is 479. The summed E-state index contributed by atoms with van der Waals surface area (Å²) in [6.45, 7) is 5.48. The van der Waals surface area contributed by atoms with E-state index in [4.69, 9.17) is 4.74 Å². The molecule has 4 nitrogen and oxygen atoms in total. The number of carbonyl (C=O) groups is 2. The van der Waals surface area contributed by atoms with Crippen LogP contribution in [-0.4, -0.2) is 28.6 Å². The summed E-state index contributed by atoms with van der Waals surface area (Å²) in [5.74, 6) is -0.511. The van der Waals surface area contributed by atoms with E-state index in [1.54, 1.807) is 13.0 Å². The zero-order chi connectivity index (χ0) is 14.0. The van der Waals surface area contributed by atoms with Gasteiger partial charge in [-0.25, -0.2) is 0 Å².